The number of carboxylic acid groups (broad SMARTS) is 1. The van der Waals surface area contributed by atoms with E-state index in [1.54, 1.807) is 24.3 Å². The van der Waals surface area contributed by atoms with Crippen molar-refractivity contribution in [3.63, 3.8) is 0 Å². The number of ether oxygens (including phenoxy) is 1. The number of aliphatic carboxylic acids is 1. The summed E-state index contributed by atoms with van der Waals surface area (Å²) >= 11 is 0. The van der Waals surface area contributed by atoms with Crippen LogP contribution in [0.1, 0.15) is 0 Å². The van der Waals surface area contributed by atoms with Gasteiger partial charge in [0.2, 0.25) is 0 Å². The Bertz CT molecular complexity index is 217. The molecule has 2 N–H and O–H groups in total. The van der Waals surface area contributed by atoms with Gasteiger partial charge in [0.15, 0.2) is 5.54 Å². The van der Waals surface area contributed by atoms with E-state index in [9.17, 15) is 4.79 Å². The number of nitrogens with one attached hydrogen (secondary N) is 1. The van der Waals surface area contributed by atoms with E-state index in [0.717, 1.165) is 0 Å². The average molecular weight is 172 g/mol. The zero-order valence-corrected chi connectivity index (χ0v) is 7.07. The Kier molecular flexibility index (Phi) is 2.35. The Morgan fingerprint density at radius 3 is 2.83 bits per heavy atom. The molecule has 1 unspecified atom stereocenters. The monoisotopic (exact) mass is 172 g/mol. The SMILES string of the molecule is COCC1(C(=O)O)C=CN(C)N1. The van der Waals surface area contributed by atoms with E-state index in [1.807, 2.05) is 0 Å². The van der Waals surface area contributed by atoms with Crippen molar-refractivity contribution in [3.8, 4) is 0 Å². The lowest BCUT2D eigenvalue weighted by Crippen LogP contribution is -2.54. The highest BCUT2D eigenvalue weighted by Gasteiger charge is 2.40. The van der Waals surface area contributed by atoms with Gasteiger partial charge in [0.1, 0.15) is 0 Å². The molecule has 0 aromatic carbocycles. The van der Waals surface area contributed by atoms with Crippen LogP contribution in [0.4, 0.5) is 0 Å². The fourth-order valence-corrected chi connectivity index (χ4v) is 1.12. The van der Waals surface area contributed by atoms with Crippen LogP contribution < -0.4 is 5.43 Å². The average Bonchev–Trinajstić information content (AvgIpc) is 2.34. The van der Waals surface area contributed by atoms with E-state index < -0.39 is 11.5 Å². The van der Waals surface area contributed by atoms with Crippen LogP contribution >= 0.6 is 0 Å². The van der Waals surface area contributed by atoms with Crippen LogP contribution in [-0.4, -0.2) is 42.4 Å². The Morgan fingerprint density at radius 1 is 1.83 bits per heavy atom. The van der Waals surface area contributed by atoms with Gasteiger partial charge >= 0.3 is 5.97 Å². The van der Waals surface area contributed by atoms with Crippen LogP contribution in [0.15, 0.2) is 12.3 Å². The highest BCUT2D eigenvalue weighted by Crippen LogP contribution is 2.14. The first-order valence-corrected chi connectivity index (χ1v) is 3.53. The molecule has 1 aliphatic rings. The van der Waals surface area contributed by atoms with Crippen molar-refractivity contribution >= 4 is 5.97 Å². The highest BCUT2D eigenvalue weighted by molar-refractivity contribution is 5.82. The molecule has 68 valence electrons. The van der Waals surface area contributed by atoms with Gasteiger partial charge in [0.25, 0.3) is 0 Å². The lowest BCUT2D eigenvalue weighted by molar-refractivity contribution is -0.145. The number of carbonyl (C=O) groups is 1. The van der Waals surface area contributed by atoms with Crippen LogP contribution in [0.2, 0.25) is 0 Å². The van der Waals surface area contributed by atoms with Crippen LogP contribution in [0.25, 0.3) is 0 Å². The minimum Gasteiger partial charge on any atom is -0.480 e. The van der Waals surface area contributed by atoms with Gasteiger partial charge in [-0.25, -0.2) is 10.2 Å². The maximum Gasteiger partial charge on any atom is 0.332 e. The van der Waals surface area contributed by atoms with Crippen molar-refractivity contribution in [2.45, 2.75) is 5.54 Å². The smallest absolute Gasteiger partial charge is 0.332 e. The standard InChI is InChI=1S/C7H12N2O3/c1-9-4-3-7(8-9,5-12-2)6(10)11/h3-4,8H,5H2,1-2H3,(H,10,11). The first-order valence-electron chi connectivity index (χ1n) is 3.53. The van der Waals surface area contributed by atoms with Gasteiger partial charge in [0.05, 0.1) is 6.61 Å². The molecule has 5 nitrogen and oxygen atoms in total. The molecule has 0 fully saturated rings. The zero-order valence-electron chi connectivity index (χ0n) is 7.07. The third kappa shape index (κ3) is 1.41. The molecular formula is C7H12N2O3. The summed E-state index contributed by atoms with van der Waals surface area (Å²) in [5, 5.41) is 10.5. The Balaban J connectivity index is 2.76. The largest absolute Gasteiger partial charge is 0.480 e. The Morgan fingerprint density at radius 2 is 2.50 bits per heavy atom. The fourth-order valence-electron chi connectivity index (χ4n) is 1.12. The fraction of sp³-hybridized carbons (Fsp3) is 0.571. The van der Waals surface area contributed by atoms with Crippen molar-refractivity contribution in [2.24, 2.45) is 0 Å². The maximum atomic E-state index is 10.8. The van der Waals surface area contributed by atoms with E-state index in [4.69, 9.17) is 9.84 Å². The molecule has 0 amide bonds. The van der Waals surface area contributed by atoms with Crippen molar-refractivity contribution in [2.75, 3.05) is 20.8 Å². The maximum absolute atomic E-state index is 10.8. The third-order valence-electron chi connectivity index (χ3n) is 1.71. The lowest BCUT2D eigenvalue weighted by Gasteiger charge is -2.24. The van der Waals surface area contributed by atoms with Gasteiger partial charge in [-0.3, -0.25) is 0 Å². The number of hydrazine groups is 1. The molecule has 5 heteroatoms. The molecule has 0 spiro atoms. The molecule has 0 radical (unpaired) electrons. The molecule has 0 saturated heterocycles. The Hall–Kier alpha value is -1.07. The molecule has 1 atom stereocenters. The number of nitrogens with zero attached hydrogens (tertiary/aromatic N) is 1. The minimum atomic E-state index is -1.09. The van der Waals surface area contributed by atoms with E-state index in [2.05, 4.69) is 5.43 Å². The van der Waals surface area contributed by atoms with Crippen molar-refractivity contribution < 1.29 is 14.6 Å². The second kappa shape index (κ2) is 3.12. The molecule has 12 heavy (non-hydrogen) atoms. The first-order chi connectivity index (χ1) is 5.60. The van der Waals surface area contributed by atoms with Gasteiger partial charge in [-0.05, 0) is 6.08 Å². The van der Waals surface area contributed by atoms with Gasteiger partial charge < -0.3 is 14.9 Å². The second-order valence-corrected chi connectivity index (χ2v) is 2.75. The summed E-state index contributed by atoms with van der Waals surface area (Å²) in [4.78, 5) is 10.8. The molecule has 0 aliphatic carbocycles. The van der Waals surface area contributed by atoms with E-state index >= 15 is 0 Å². The predicted octanol–water partition coefficient (Wildman–Crippen LogP) is -0.580. The number of hydrogen-bond acceptors (Lipinski definition) is 4. The first kappa shape index (κ1) is 9.02. The number of carboxylic acids is 1. The molecule has 1 rings (SSSR count). The highest BCUT2D eigenvalue weighted by atomic mass is 16.5. The van der Waals surface area contributed by atoms with Gasteiger partial charge in [-0.1, -0.05) is 0 Å². The second-order valence-electron chi connectivity index (χ2n) is 2.75. The number of methoxy groups -OCH3 is 1. The third-order valence-corrected chi connectivity index (χ3v) is 1.71. The Labute approximate surface area is 70.6 Å². The number of hydrogen-bond donors (Lipinski definition) is 2. The molecule has 0 aromatic heterocycles. The van der Waals surface area contributed by atoms with E-state index in [1.165, 1.54) is 7.11 Å². The number of rotatable bonds is 3. The van der Waals surface area contributed by atoms with Crippen LogP contribution in [0.5, 0.6) is 0 Å². The molecule has 0 saturated carbocycles. The lowest BCUT2D eigenvalue weighted by atomic mass is 10.0. The zero-order chi connectivity index (χ0) is 9.19. The van der Waals surface area contributed by atoms with Crippen LogP contribution in [0, 0.1) is 0 Å². The molecule has 0 aromatic rings. The normalized spacial score (nSPS) is 28.0. The van der Waals surface area contributed by atoms with Crippen LogP contribution in [-0.2, 0) is 9.53 Å². The summed E-state index contributed by atoms with van der Waals surface area (Å²) in [6, 6.07) is 0. The molecular weight excluding hydrogens is 160 g/mol. The molecule has 0 bridgehead atoms. The van der Waals surface area contributed by atoms with Crippen molar-refractivity contribution in [1.82, 2.24) is 10.4 Å². The molecule has 1 aliphatic heterocycles. The van der Waals surface area contributed by atoms with Gasteiger partial charge in [-0.15, -0.1) is 0 Å². The van der Waals surface area contributed by atoms with E-state index in [0.29, 0.717) is 0 Å². The van der Waals surface area contributed by atoms with Crippen molar-refractivity contribution in [1.29, 1.82) is 0 Å². The van der Waals surface area contributed by atoms with Crippen LogP contribution in [0.3, 0.4) is 0 Å². The summed E-state index contributed by atoms with van der Waals surface area (Å²) in [6.45, 7) is 0.114. The van der Waals surface area contributed by atoms with Gasteiger partial charge in [-0.2, -0.15) is 0 Å². The summed E-state index contributed by atoms with van der Waals surface area (Å²) in [7, 11) is 3.20. The summed E-state index contributed by atoms with van der Waals surface area (Å²) < 4.78 is 4.82. The van der Waals surface area contributed by atoms with Crippen molar-refractivity contribution in [3.05, 3.63) is 12.3 Å². The molecule has 1 heterocycles. The minimum absolute atomic E-state index is 0.114. The summed E-state index contributed by atoms with van der Waals surface area (Å²) in [6.07, 6.45) is 3.23. The summed E-state index contributed by atoms with van der Waals surface area (Å²) in [5.41, 5.74) is 1.67. The topological polar surface area (TPSA) is 61.8 Å². The summed E-state index contributed by atoms with van der Waals surface area (Å²) in [5.74, 6) is -0.940. The predicted molar refractivity (Wildman–Crippen MR) is 42.3 cm³/mol. The quantitative estimate of drug-likeness (QED) is 0.596. The van der Waals surface area contributed by atoms with Gasteiger partial charge in [0, 0.05) is 20.4 Å². The van der Waals surface area contributed by atoms with E-state index in [-0.39, 0.29) is 6.61 Å².